The van der Waals surface area contributed by atoms with Gasteiger partial charge in [0.2, 0.25) is 0 Å². The molecule has 0 spiro atoms. The van der Waals surface area contributed by atoms with Gasteiger partial charge in [-0.3, -0.25) is 0 Å². The largest absolute Gasteiger partial charge is 0.307 e. The van der Waals surface area contributed by atoms with Crippen molar-refractivity contribution >= 4 is 85.9 Å². The van der Waals surface area contributed by atoms with E-state index in [1.807, 2.05) is 11.3 Å². The van der Waals surface area contributed by atoms with Crippen molar-refractivity contribution in [1.82, 2.24) is 9.13 Å². The van der Waals surface area contributed by atoms with Crippen molar-refractivity contribution in [3.63, 3.8) is 0 Å². The van der Waals surface area contributed by atoms with Crippen molar-refractivity contribution in [2.45, 2.75) is 51.4 Å². The van der Waals surface area contributed by atoms with E-state index in [9.17, 15) is 0 Å². The molecule has 57 heavy (non-hydrogen) atoms. The molecular formula is C54H42N2S. The third-order valence-electron chi connectivity index (χ3n) is 13.3. The molecule has 3 heterocycles. The molecule has 3 aromatic heterocycles. The van der Waals surface area contributed by atoms with Gasteiger partial charge >= 0.3 is 0 Å². The number of nitrogens with zero attached hydrogens (tertiary/aromatic N) is 2. The predicted octanol–water partition coefficient (Wildman–Crippen LogP) is 15.4. The van der Waals surface area contributed by atoms with E-state index < -0.39 is 0 Å². The minimum absolute atomic E-state index is 0.0859. The molecule has 0 aliphatic heterocycles. The molecule has 0 bridgehead atoms. The summed E-state index contributed by atoms with van der Waals surface area (Å²) in [4.78, 5) is 0. The van der Waals surface area contributed by atoms with Crippen LogP contribution in [0.25, 0.3) is 97.1 Å². The van der Waals surface area contributed by atoms with E-state index in [2.05, 4.69) is 195 Å². The van der Waals surface area contributed by atoms with E-state index >= 15 is 0 Å². The van der Waals surface area contributed by atoms with Gasteiger partial charge in [-0.1, -0.05) is 131 Å². The fourth-order valence-corrected chi connectivity index (χ4v) is 11.5. The van der Waals surface area contributed by atoms with Crippen molar-refractivity contribution in [2.75, 3.05) is 0 Å². The third kappa shape index (κ3) is 4.64. The van der Waals surface area contributed by atoms with Crippen molar-refractivity contribution in [2.24, 2.45) is 0 Å². The van der Waals surface area contributed by atoms with Crippen molar-refractivity contribution in [3.05, 3.63) is 169 Å². The van der Waals surface area contributed by atoms with Gasteiger partial charge in [0.15, 0.2) is 0 Å². The molecule has 1 aliphatic rings. The van der Waals surface area contributed by atoms with Gasteiger partial charge < -0.3 is 9.13 Å². The lowest BCUT2D eigenvalue weighted by Crippen LogP contribution is -2.33. The molecular weight excluding hydrogens is 709 g/mol. The maximum Gasteiger partial charge on any atom is 0.0795 e. The molecule has 0 atom stereocenters. The van der Waals surface area contributed by atoms with Gasteiger partial charge in [0.1, 0.15) is 0 Å². The lowest BCUT2D eigenvalue weighted by molar-refractivity contribution is 0.332. The van der Waals surface area contributed by atoms with E-state index in [1.54, 1.807) is 0 Å². The Balaban J connectivity index is 1.24. The number of hydrogen-bond donors (Lipinski definition) is 0. The van der Waals surface area contributed by atoms with Crippen LogP contribution in [0.2, 0.25) is 0 Å². The average Bonchev–Trinajstić information content (AvgIpc) is 3.90. The van der Waals surface area contributed by atoms with E-state index in [0.717, 1.165) is 5.69 Å². The summed E-state index contributed by atoms with van der Waals surface area (Å²) >= 11 is 1.88. The minimum Gasteiger partial charge on any atom is -0.307 e. The first kappa shape index (κ1) is 33.0. The number of thiophene rings is 1. The number of para-hydroxylation sites is 2. The molecule has 0 amide bonds. The summed E-state index contributed by atoms with van der Waals surface area (Å²) in [5.41, 5.74) is 13.0. The van der Waals surface area contributed by atoms with Crippen LogP contribution in [0.1, 0.15) is 51.7 Å². The zero-order chi connectivity index (χ0) is 38.2. The molecule has 3 heteroatoms. The van der Waals surface area contributed by atoms with Crippen LogP contribution < -0.4 is 0 Å². The summed E-state index contributed by atoms with van der Waals surface area (Å²) in [6.07, 6.45) is 2.36. The van der Waals surface area contributed by atoms with Gasteiger partial charge in [0, 0.05) is 53.1 Å². The number of aromatic nitrogens is 2. The van der Waals surface area contributed by atoms with Crippen molar-refractivity contribution in [1.29, 1.82) is 0 Å². The minimum atomic E-state index is 0.0859. The summed E-state index contributed by atoms with van der Waals surface area (Å²) < 4.78 is 7.81. The Kier molecular flexibility index (Phi) is 6.77. The highest BCUT2D eigenvalue weighted by atomic mass is 32.1. The average molecular weight is 751 g/mol. The fraction of sp³-hybridized carbons (Fsp3) is 0.148. The second-order valence-electron chi connectivity index (χ2n) is 17.6. The van der Waals surface area contributed by atoms with Crippen LogP contribution in [0, 0.1) is 0 Å². The zero-order valence-electron chi connectivity index (χ0n) is 32.7. The molecule has 2 nitrogen and oxygen atoms in total. The highest BCUT2D eigenvalue weighted by Crippen LogP contribution is 2.51. The summed E-state index contributed by atoms with van der Waals surface area (Å²) in [5, 5.41) is 10.5. The summed E-state index contributed by atoms with van der Waals surface area (Å²) in [6, 6.07) is 59.4. The molecule has 12 rings (SSSR count). The van der Waals surface area contributed by atoms with Gasteiger partial charge in [-0.25, -0.2) is 0 Å². The Bertz CT molecular complexity index is 3460. The van der Waals surface area contributed by atoms with Gasteiger partial charge in [0.25, 0.3) is 0 Å². The van der Waals surface area contributed by atoms with E-state index in [4.69, 9.17) is 0 Å². The molecule has 0 saturated heterocycles. The number of rotatable bonds is 3. The van der Waals surface area contributed by atoms with E-state index in [0.29, 0.717) is 0 Å². The maximum atomic E-state index is 2.59. The SMILES string of the molecule is CC1(C)CCC(C)(C)c2cc3c(cc21)c1c2ccccc2c2c4ccccc4n(-c4cccc(-c5ccc6c(c5)sc5ccccc56)c4)c2c1n3-c1ccccc1. The van der Waals surface area contributed by atoms with Crippen LogP contribution in [0.3, 0.4) is 0 Å². The molecule has 0 saturated carbocycles. The Morgan fingerprint density at radius 2 is 0.965 bits per heavy atom. The highest BCUT2D eigenvalue weighted by Gasteiger charge is 2.38. The molecule has 0 fully saturated rings. The first-order chi connectivity index (χ1) is 27.8. The normalized spacial score (nSPS) is 15.2. The smallest absolute Gasteiger partial charge is 0.0795 e. The van der Waals surface area contributed by atoms with Crippen molar-refractivity contribution in [3.8, 4) is 22.5 Å². The van der Waals surface area contributed by atoms with Gasteiger partial charge in [-0.2, -0.15) is 0 Å². The standard InChI is InChI=1S/C54H42N2S/c1-53(2)27-28-54(3,4)44-32-46-42(31-43(44)53)50-40-21-9-8-20-39(40)49-41-22-10-12-23-45(41)56(51(49)52(50)55(46)35-16-6-5-7-17-35)36-18-14-15-33(29-36)34-25-26-38-37-19-11-13-24-47(37)57-48(38)30-34/h5-26,29-32H,27-28H2,1-4H3. The Hall–Kier alpha value is -6.16. The second kappa shape index (κ2) is 11.7. The quantitative estimate of drug-likeness (QED) is 0.170. The maximum absolute atomic E-state index is 2.59. The van der Waals surface area contributed by atoms with Crippen molar-refractivity contribution < 1.29 is 0 Å². The van der Waals surface area contributed by atoms with Gasteiger partial charge in [-0.05, 0) is 111 Å². The third-order valence-corrected chi connectivity index (χ3v) is 14.5. The monoisotopic (exact) mass is 750 g/mol. The van der Waals surface area contributed by atoms with Gasteiger partial charge in [-0.15, -0.1) is 11.3 Å². The summed E-state index contributed by atoms with van der Waals surface area (Å²) in [7, 11) is 0. The molecule has 274 valence electrons. The Morgan fingerprint density at radius 1 is 0.404 bits per heavy atom. The van der Waals surface area contributed by atoms with Crippen LogP contribution in [-0.4, -0.2) is 9.13 Å². The number of fused-ring (bicyclic) bond motifs is 14. The fourth-order valence-electron chi connectivity index (χ4n) is 10.3. The van der Waals surface area contributed by atoms with Crippen LogP contribution in [0.15, 0.2) is 158 Å². The van der Waals surface area contributed by atoms with E-state index in [1.165, 1.54) is 115 Å². The summed E-state index contributed by atoms with van der Waals surface area (Å²) in [6.45, 7) is 9.78. The lowest BCUT2D eigenvalue weighted by atomic mass is 9.63. The topological polar surface area (TPSA) is 9.86 Å². The van der Waals surface area contributed by atoms with Crippen LogP contribution in [0.4, 0.5) is 0 Å². The van der Waals surface area contributed by atoms with Crippen LogP contribution in [-0.2, 0) is 10.8 Å². The molecule has 1 aliphatic carbocycles. The molecule has 0 unspecified atom stereocenters. The highest BCUT2D eigenvalue weighted by molar-refractivity contribution is 7.25. The molecule has 11 aromatic rings. The van der Waals surface area contributed by atoms with Crippen LogP contribution >= 0.6 is 11.3 Å². The predicted molar refractivity (Wildman–Crippen MR) is 246 cm³/mol. The van der Waals surface area contributed by atoms with Gasteiger partial charge in [0.05, 0.1) is 22.1 Å². The van der Waals surface area contributed by atoms with E-state index in [-0.39, 0.29) is 10.8 Å². The molecule has 0 N–H and O–H groups in total. The first-order valence-corrected chi connectivity index (χ1v) is 21.1. The number of benzene rings is 8. The van der Waals surface area contributed by atoms with Crippen LogP contribution in [0.5, 0.6) is 0 Å². The second-order valence-corrected chi connectivity index (χ2v) is 18.6. The first-order valence-electron chi connectivity index (χ1n) is 20.3. The molecule has 0 radical (unpaired) electrons. The Morgan fingerprint density at radius 3 is 1.72 bits per heavy atom. The molecule has 8 aromatic carbocycles. The lowest BCUT2D eigenvalue weighted by Gasteiger charge is -2.42. The zero-order valence-corrected chi connectivity index (χ0v) is 33.5. The Labute approximate surface area is 336 Å². The summed E-state index contributed by atoms with van der Waals surface area (Å²) in [5.74, 6) is 0. The number of hydrogen-bond acceptors (Lipinski definition) is 1.